The number of hydrogen-bond acceptors (Lipinski definition) is 20. The lowest BCUT2D eigenvalue weighted by molar-refractivity contribution is -0.160. The summed E-state index contributed by atoms with van der Waals surface area (Å²) in [5.41, 5.74) is 2.23. The number of ether oxygens (including phenoxy) is 12. The van der Waals surface area contributed by atoms with Crippen LogP contribution in [-0.2, 0) is 6.42 Å². The van der Waals surface area contributed by atoms with Crippen molar-refractivity contribution in [3.05, 3.63) is 167 Å². The molecule has 4 unspecified atom stereocenters. The zero-order chi connectivity index (χ0) is 57.4. The minimum atomic E-state index is -1.85. The Morgan fingerprint density at radius 1 is 0.358 bits per heavy atom. The quantitative estimate of drug-likeness (QED) is 0.0246. The van der Waals surface area contributed by atoms with Gasteiger partial charge in [0.05, 0.1) is 50.7 Å². The summed E-state index contributed by atoms with van der Waals surface area (Å²) < 4.78 is 69.0. The van der Waals surface area contributed by atoms with E-state index in [0.717, 1.165) is 0 Å². The summed E-state index contributed by atoms with van der Waals surface area (Å²) in [7, 11) is 5.62. The van der Waals surface area contributed by atoms with Crippen LogP contribution < -0.4 is 56.8 Å². The molecule has 0 aliphatic carbocycles. The van der Waals surface area contributed by atoms with E-state index in [0.29, 0.717) is 91.9 Å². The zero-order valence-corrected chi connectivity index (χ0v) is 44.2. The van der Waals surface area contributed by atoms with Gasteiger partial charge in [-0.1, -0.05) is 24.3 Å². The first-order valence-corrected chi connectivity index (χ1v) is 24.9. The van der Waals surface area contributed by atoms with Crippen LogP contribution in [0, 0.1) is 0 Å². The lowest BCUT2D eigenvalue weighted by atomic mass is 9.93. The van der Waals surface area contributed by atoms with Crippen molar-refractivity contribution in [3.8, 4) is 69.0 Å². The highest BCUT2D eigenvalue weighted by Crippen LogP contribution is 2.39. The Hall–Kier alpha value is -9.60. The van der Waals surface area contributed by atoms with E-state index in [1.165, 1.54) is 89.1 Å². The summed E-state index contributed by atoms with van der Waals surface area (Å²) in [6, 6.07) is 35.2. The van der Waals surface area contributed by atoms with Crippen molar-refractivity contribution >= 4 is 46.7 Å². The average Bonchev–Trinajstić information content (AvgIpc) is 3.59. The number of carbonyl (C=O) groups is 4. The van der Waals surface area contributed by atoms with Crippen LogP contribution >= 0.6 is 0 Å². The Labute approximate surface area is 463 Å². The van der Waals surface area contributed by atoms with Gasteiger partial charge in [-0.05, 0) is 106 Å². The van der Waals surface area contributed by atoms with E-state index in [1.807, 2.05) is 0 Å². The van der Waals surface area contributed by atoms with Crippen molar-refractivity contribution in [2.24, 2.45) is 0 Å². The van der Waals surface area contributed by atoms with E-state index in [4.69, 9.17) is 56.8 Å². The zero-order valence-electron chi connectivity index (χ0n) is 44.2. The van der Waals surface area contributed by atoms with Gasteiger partial charge in [0.25, 0.3) is 0 Å². The summed E-state index contributed by atoms with van der Waals surface area (Å²) in [5, 5.41) is 47.2. The van der Waals surface area contributed by atoms with E-state index in [-0.39, 0.29) is 83.4 Å². The molecule has 0 aromatic heterocycles. The fourth-order valence-corrected chi connectivity index (χ4v) is 8.52. The Balaban J connectivity index is 1.15. The third kappa shape index (κ3) is 14.6. The maximum absolute atomic E-state index is 11.6. The molecular formula is C61H56O20. The smallest absolute Gasteiger partial charge is 0.358 e. The monoisotopic (exact) mass is 1110 g/mol. The van der Waals surface area contributed by atoms with Gasteiger partial charge in [-0.2, -0.15) is 0 Å². The second-order valence-electron chi connectivity index (χ2n) is 17.7. The van der Waals surface area contributed by atoms with Crippen molar-refractivity contribution in [1.29, 1.82) is 0 Å². The van der Waals surface area contributed by atoms with Crippen LogP contribution in [0.1, 0.15) is 52.6 Å². The number of fused-ring (bicyclic) bond motifs is 2. The Bertz CT molecular complexity index is 3510. The number of hydrogen-bond donors (Lipinski definition) is 4. The molecule has 81 heavy (non-hydrogen) atoms. The number of methoxy groups -OCH3 is 4. The summed E-state index contributed by atoms with van der Waals surface area (Å²) in [6.45, 7) is -3.06. The van der Waals surface area contributed by atoms with Crippen LogP contribution in [0.25, 0.3) is 21.5 Å². The van der Waals surface area contributed by atoms with E-state index in [2.05, 4.69) is 0 Å². The minimum absolute atomic E-state index is 0.00917. The maximum atomic E-state index is 11.6. The predicted octanol–water partition coefficient (Wildman–Crippen LogP) is 7.97. The summed E-state index contributed by atoms with van der Waals surface area (Å²) in [4.78, 5) is 46.0. The average molecular weight is 1110 g/mol. The molecule has 20 heteroatoms. The fourth-order valence-electron chi connectivity index (χ4n) is 8.52. The first-order chi connectivity index (χ1) is 39.3. The van der Waals surface area contributed by atoms with Crippen molar-refractivity contribution in [2.75, 3.05) is 54.9 Å². The van der Waals surface area contributed by atoms with Gasteiger partial charge in [-0.25, -0.2) is 0 Å². The highest BCUT2D eigenvalue weighted by molar-refractivity contribution is 5.93. The molecule has 0 fully saturated rings. The van der Waals surface area contributed by atoms with E-state index < -0.39 is 31.8 Å². The summed E-state index contributed by atoms with van der Waals surface area (Å²) in [5.74, 6) is 2.96. The van der Waals surface area contributed by atoms with Gasteiger partial charge in [0, 0.05) is 41.8 Å². The molecule has 0 spiro atoms. The van der Waals surface area contributed by atoms with Gasteiger partial charge in [0.1, 0.15) is 88.3 Å². The molecule has 4 N–H and O–H groups in total. The molecule has 0 bridgehead atoms. The topological polar surface area (TPSA) is 260 Å². The van der Waals surface area contributed by atoms with Gasteiger partial charge < -0.3 is 77.3 Å². The highest BCUT2D eigenvalue weighted by Gasteiger charge is 2.22. The molecule has 8 aromatic carbocycles. The van der Waals surface area contributed by atoms with Crippen LogP contribution in [0.3, 0.4) is 0 Å². The number of carbonyl (C=O) groups excluding carboxylic acids is 4. The van der Waals surface area contributed by atoms with Gasteiger partial charge in [-0.3, -0.25) is 19.2 Å². The van der Waals surface area contributed by atoms with E-state index in [1.54, 1.807) is 72.8 Å². The van der Waals surface area contributed by atoms with Crippen LogP contribution in [-0.4, -0.2) is 126 Å². The van der Waals surface area contributed by atoms with Gasteiger partial charge in [-0.15, -0.1) is 0 Å². The minimum Gasteiger partial charge on any atom is -0.496 e. The van der Waals surface area contributed by atoms with Gasteiger partial charge in [0.2, 0.25) is 12.6 Å². The number of rotatable bonds is 30. The maximum Gasteiger partial charge on any atom is 0.358 e. The van der Waals surface area contributed by atoms with Crippen LogP contribution in [0.4, 0.5) is 0 Å². The molecule has 0 amide bonds. The third-order valence-corrected chi connectivity index (χ3v) is 12.5. The first kappa shape index (κ1) is 57.6. The third-order valence-electron chi connectivity index (χ3n) is 12.5. The second-order valence-corrected chi connectivity index (χ2v) is 17.7. The van der Waals surface area contributed by atoms with Crippen LogP contribution in [0.2, 0.25) is 0 Å². The lowest BCUT2D eigenvalue weighted by Crippen LogP contribution is -2.25. The molecule has 4 atom stereocenters. The fraction of sp³-hybridized carbons (Fsp3) is 0.213. The molecule has 8 rings (SSSR count). The van der Waals surface area contributed by atoms with Crippen molar-refractivity contribution in [2.45, 2.75) is 31.6 Å². The summed E-state index contributed by atoms with van der Waals surface area (Å²) in [6.07, 6.45) is -1.66. The van der Waals surface area contributed by atoms with Crippen LogP contribution in [0.15, 0.2) is 133 Å². The van der Waals surface area contributed by atoms with Crippen molar-refractivity contribution in [3.63, 3.8) is 0 Å². The molecule has 0 heterocycles. The molecule has 0 saturated heterocycles. The normalized spacial score (nSPS) is 12.4. The molecule has 0 radical (unpaired) electrons. The highest BCUT2D eigenvalue weighted by atomic mass is 16.8. The van der Waals surface area contributed by atoms with Gasteiger partial charge in [0.15, 0.2) is 38.4 Å². The van der Waals surface area contributed by atoms with Crippen molar-refractivity contribution in [1.82, 2.24) is 0 Å². The Morgan fingerprint density at radius 3 is 1.11 bits per heavy atom. The first-order valence-electron chi connectivity index (χ1n) is 24.9. The molecule has 420 valence electrons. The molecule has 0 aliphatic heterocycles. The number of aldehydes is 4. The Kier molecular flexibility index (Phi) is 19.4. The van der Waals surface area contributed by atoms with E-state index in [9.17, 15) is 39.6 Å². The summed E-state index contributed by atoms with van der Waals surface area (Å²) >= 11 is 0. The number of aliphatic hydroxyl groups is 4. The molecule has 0 aliphatic rings. The predicted molar refractivity (Wildman–Crippen MR) is 293 cm³/mol. The molecule has 0 saturated carbocycles. The second kappa shape index (κ2) is 27.3. The molecular weight excluding hydrogens is 1050 g/mol. The van der Waals surface area contributed by atoms with Crippen LogP contribution in [0.5, 0.6) is 69.0 Å². The van der Waals surface area contributed by atoms with Crippen molar-refractivity contribution < 1.29 is 96.4 Å². The standard InChI is InChI=1S/C61H56O20/c1-70-55-23-43(13-7-38(55)28-62)74-32-42(66)33-76-53-19-11-36-5-15-45(78-59(67)34-75-44-14-8-39(29-63)56(24-44)71-2)21-49(36)51(53)27-52-50-22-46(80-61(69)81-48-18-10-41(31-65)58(26-48)73-4)16-6-37(50)12-20-54(52)77-35-60(68)79-47-17-9-40(30-64)57(25-47)72-3/h5-26,28-31,42,59-61,66-69H,27,32-35H2,1-4H3. The molecule has 20 nitrogen and oxygen atoms in total. The van der Waals surface area contributed by atoms with E-state index >= 15 is 0 Å². The lowest BCUT2D eigenvalue weighted by Gasteiger charge is -2.22. The SMILES string of the molecule is COc1cc(OCC(O)COc2ccc3ccc(OC(O)COc4ccc(C=O)c(OC)c4)cc3c2Cc2c(OCC(O)Oc3ccc(C=O)c(OC)c3)ccc3ccc(OC(O)Oc4ccc(C=O)c(OC)c4)cc23)ccc1C=O. The Morgan fingerprint density at radius 2 is 0.679 bits per heavy atom. The number of aliphatic hydroxyl groups excluding tert-OH is 4. The molecule has 8 aromatic rings. The largest absolute Gasteiger partial charge is 0.496 e. The van der Waals surface area contributed by atoms with Gasteiger partial charge >= 0.3 is 6.48 Å². The number of benzene rings is 8.